The van der Waals surface area contributed by atoms with Crippen molar-refractivity contribution in [2.75, 3.05) is 26.2 Å². The Labute approximate surface area is 145 Å². The van der Waals surface area contributed by atoms with E-state index in [0.717, 1.165) is 12.0 Å². The summed E-state index contributed by atoms with van der Waals surface area (Å²) < 4.78 is 5.79. The topological polar surface area (TPSA) is 61.8 Å². The summed E-state index contributed by atoms with van der Waals surface area (Å²) in [6.45, 7) is 8.24. The van der Waals surface area contributed by atoms with Crippen LogP contribution in [0.4, 0.5) is 4.79 Å². The van der Waals surface area contributed by atoms with Crippen molar-refractivity contribution in [1.29, 1.82) is 0 Å². The number of rotatable bonds is 6. The molecule has 24 heavy (non-hydrogen) atoms. The van der Waals surface area contributed by atoms with Gasteiger partial charge in [-0.1, -0.05) is 37.3 Å². The molecule has 1 fully saturated rings. The Balaban J connectivity index is 1.94. The molecule has 0 saturated carbocycles. The van der Waals surface area contributed by atoms with Crippen LogP contribution in [0.1, 0.15) is 45.1 Å². The second kappa shape index (κ2) is 8.49. The minimum absolute atomic E-state index is 0.0514. The highest BCUT2D eigenvalue weighted by molar-refractivity contribution is 5.74. The van der Waals surface area contributed by atoms with Crippen molar-refractivity contribution in [2.24, 2.45) is 0 Å². The maximum absolute atomic E-state index is 12.5. The fourth-order valence-electron chi connectivity index (χ4n) is 3.11. The van der Waals surface area contributed by atoms with E-state index in [-0.39, 0.29) is 17.6 Å². The van der Waals surface area contributed by atoms with Gasteiger partial charge in [-0.15, -0.1) is 0 Å². The van der Waals surface area contributed by atoms with Crippen molar-refractivity contribution in [2.45, 2.75) is 51.2 Å². The summed E-state index contributed by atoms with van der Waals surface area (Å²) in [6, 6.07) is 9.98. The van der Waals surface area contributed by atoms with Crippen molar-refractivity contribution in [3.63, 3.8) is 0 Å². The molecule has 1 aromatic carbocycles. The largest absolute Gasteiger partial charge is 0.393 e. The summed E-state index contributed by atoms with van der Waals surface area (Å²) in [5.41, 5.74) is 0.882. The molecule has 0 aromatic heterocycles. The fraction of sp³-hybridized carbons (Fsp3) is 0.632. The molecule has 0 bridgehead atoms. The number of aliphatic hydroxyl groups is 1. The number of amides is 2. The molecule has 1 aliphatic heterocycles. The predicted octanol–water partition coefficient (Wildman–Crippen LogP) is 2.75. The number of carbonyl (C=O) groups is 1. The number of hydrogen-bond acceptors (Lipinski definition) is 3. The van der Waals surface area contributed by atoms with Gasteiger partial charge in [-0.25, -0.2) is 4.79 Å². The molecule has 2 rings (SSSR count). The normalized spacial score (nSPS) is 23.6. The van der Waals surface area contributed by atoms with Crippen LogP contribution in [0.25, 0.3) is 0 Å². The van der Waals surface area contributed by atoms with Gasteiger partial charge in [-0.05, 0) is 32.3 Å². The van der Waals surface area contributed by atoms with Gasteiger partial charge in [0.1, 0.15) is 0 Å². The molecule has 5 nitrogen and oxygen atoms in total. The fourth-order valence-corrected chi connectivity index (χ4v) is 3.11. The Bertz CT molecular complexity index is 521. The van der Waals surface area contributed by atoms with Crippen LogP contribution < -0.4 is 5.32 Å². The summed E-state index contributed by atoms with van der Waals surface area (Å²) in [4.78, 5) is 14.4. The number of ether oxygens (including phenoxy) is 1. The van der Waals surface area contributed by atoms with Crippen LogP contribution in [-0.2, 0) is 4.74 Å². The second-order valence-corrected chi connectivity index (χ2v) is 6.95. The number of urea groups is 1. The van der Waals surface area contributed by atoms with Crippen molar-refractivity contribution < 1.29 is 14.6 Å². The molecule has 3 atom stereocenters. The van der Waals surface area contributed by atoms with Gasteiger partial charge in [-0.2, -0.15) is 0 Å². The molecule has 1 saturated heterocycles. The predicted molar refractivity (Wildman–Crippen MR) is 95.1 cm³/mol. The molecule has 1 aromatic rings. The molecule has 0 radical (unpaired) electrons. The third kappa shape index (κ3) is 5.21. The van der Waals surface area contributed by atoms with E-state index in [9.17, 15) is 9.90 Å². The number of benzene rings is 1. The zero-order chi connectivity index (χ0) is 17.6. The maximum atomic E-state index is 12.5. The standard InChI is InChI=1S/C19H30N2O3/c1-4-19(3)14-21(10-11-24-19)18(23)20-13-17(12-15(2)22)16-8-6-5-7-9-16/h5-9,15,17,22H,4,10-14H2,1-3H3,(H,20,23). The van der Waals surface area contributed by atoms with Gasteiger partial charge in [0.05, 0.1) is 24.9 Å². The van der Waals surface area contributed by atoms with Gasteiger partial charge >= 0.3 is 6.03 Å². The summed E-state index contributed by atoms with van der Waals surface area (Å²) in [7, 11) is 0. The van der Waals surface area contributed by atoms with Crippen LogP contribution in [0.2, 0.25) is 0 Å². The number of morpholine rings is 1. The molecular weight excluding hydrogens is 304 g/mol. The Kier molecular flexibility index (Phi) is 6.63. The van der Waals surface area contributed by atoms with E-state index < -0.39 is 6.10 Å². The van der Waals surface area contributed by atoms with Gasteiger partial charge in [-0.3, -0.25) is 0 Å². The summed E-state index contributed by atoms with van der Waals surface area (Å²) in [6.07, 6.45) is 1.10. The first-order valence-corrected chi connectivity index (χ1v) is 8.83. The quantitative estimate of drug-likeness (QED) is 0.841. The highest BCUT2D eigenvalue weighted by atomic mass is 16.5. The lowest BCUT2D eigenvalue weighted by Gasteiger charge is -2.40. The Morgan fingerprint density at radius 3 is 2.75 bits per heavy atom. The van der Waals surface area contributed by atoms with Crippen LogP contribution in [0.5, 0.6) is 0 Å². The Morgan fingerprint density at radius 1 is 1.42 bits per heavy atom. The monoisotopic (exact) mass is 334 g/mol. The number of aliphatic hydroxyl groups excluding tert-OH is 1. The number of hydrogen-bond donors (Lipinski definition) is 2. The summed E-state index contributed by atoms with van der Waals surface area (Å²) in [5.74, 6) is 0.105. The van der Waals surface area contributed by atoms with Crippen molar-refractivity contribution in [3.8, 4) is 0 Å². The van der Waals surface area contributed by atoms with Gasteiger partial charge in [0.15, 0.2) is 0 Å². The van der Waals surface area contributed by atoms with Crippen molar-refractivity contribution in [1.82, 2.24) is 10.2 Å². The Morgan fingerprint density at radius 2 is 2.12 bits per heavy atom. The molecule has 5 heteroatoms. The van der Waals surface area contributed by atoms with E-state index in [1.807, 2.05) is 42.2 Å². The number of carbonyl (C=O) groups excluding carboxylic acids is 1. The molecule has 1 aliphatic rings. The lowest BCUT2D eigenvalue weighted by molar-refractivity contribution is -0.0872. The van der Waals surface area contributed by atoms with E-state index in [2.05, 4.69) is 12.2 Å². The van der Waals surface area contributed by atoms with Crippen LogP contribution in [0, 0.1) is 0 Å². The van der Waals surface area contributed by atoms with Crippen LogP contribution >= 0.6 is 0 Å². The maximum Gasteiger partial charge on any atom is 0.317 e. The first-order chi connectivity index (χ1) is 11.4. The second-order valence-electron chi connectivity index (χ2n) is 6.95. The SMILES string of the molecule is CCC1(C)CN(C(=O)NCC(CC(C)O)c2ccccc2)CCO1. The van der Waals surface area contributed by atoms with Crippen molar-refractivity contribution >= 4 is 6.03 Å². The highest BCUT2D eigenvalue weighted by Gasteiger charge is 2.32. The van der Waals surface area contributed by atoms with E-state index >= 15 is 0 Å². The smallest absolute Gasteiger partial charge is 0.317 e. The lowest BCUT2D eigenvalue weighted by atomic mass is 9.93. The van der Waals surface area contributed by atoms with Gasteiger partial charge in [0.25, 0.3) is 0 Å². The molecule has 2 N–H and O–H groups in total. The zero-order valence-corrected chi connectivity index (χ0v) is 15.0. The average Bonchev–Trinajstić information content (AvgIpc) is 2.59. The molecule has 3 unspecified atom stereocenters. The average molecular weight is 334 g/mol. The van der Waals surface area contributed by atoms with Crippen LogP contribution in [-0.4, -0.2) is 54.0 Å². The van der Waals surface area contributed by atoms with E-state index in [1.54, 1.807) is 6.92 Å². The summed E-state index contributed by atoms with van der Waals surface area (Å²) in [5, 5.41) is 12.8. The van der Waals surface area contributed by atoms with E-state index in [1.165, 1.54) is 0 Å². The zero-order valence-electron chi connectivity index (χ0n) is 15.0. The molecule has 1 heterocycles. The highest BCUT2D eigenvalue weighted by Crippen LogP contribution is 2.22. The minimum Gasteiger partial charge on any atom is -0.393 e. The van der Waals surface area contributed by atoms with Gasteiger partial charge in [0, 0.05) is 19.0 Å². The van der Waals surface area contributed by atoms with Crippen molar-refractivity contribution in [3.05, 3.63) is 35.9 Å². The summed E-state index contributed by atoms with van der Waals surface area (Å²) >= 11 is 0. The Hall–Kier alpha value is -1.59. The molecule has 0 aliphatic carbocycles. The first kappa shape index (κ1) is 18.7. The van der Waals surface area contributed by atoms with Crippen LogP contribution in [0.15, 0.2) is 30.3 Å². The van der Waals surface area contributed by atoms with Gasteiger partial charge in [0.2, 0.25) is 0 Å². The molecule has 134 valence electrons. The minimum atomic E-state index is -0.404. The van der Waals surface area contributed by atoms with E-state index in [0.29, 0.717) is 32.7 Å². The molecule has 2 amide bonds. The molecule has 0 spiro atoms. The third-order valence-corrected chi connectivity index (χ3v) is 4.77. The number of nitrogens with zero attached hydrogens (tertiary/aromatic N) is 1. The van der Waals surface area contributed by atoms with Crippen LogP contribution in [0.3, 0.4) is 0 Å². The van der Waals surface area contributed by atoms with Gasteiger partial charge < -0.3 is 20.1 Å². The number of nitrogens with one attached hydrogen (secondary N) is 1. The lowest BCUT2D eigenvalue weighted by Crippen LogP contribution is -2.54. The third-order valence-electron chi connectivity index (χ3n) is 4.77. The van der Waals surface area contributed by atoms with E-state index in [4.69, 9.17) is 4.74 Å². The molecular formula is C19H30N2O3. The first-order valence-electron chi connectivity index (χ1n) is 8.83.